The molecule has 0 atom stereocenters. The number of aryl methyl sites for hydroxylation is 1. The summed E-state index contributed by atoms with van der Waals surface area (Å²) in [5, 5.41) is 3.88. The SMILES string of the molecule is Cn1cc(Cc2ccc3ccccc3c2)c2c(-c3cccc(N)c3)cccc21. The van der Waals surface area contributed by atoms with Gasteiger partial charge in [0.2, 0.25) is 0 Å². The summed E-state index contributed by atoms with van der Waals surface area (Å²) in [4.78, 5) is 0. The highest BCUT2D eigenvalue weighted by molar-refractivity contribution is 5.98. The van der Waals surface area contributed by atoms with E-state index in [4.69, 9.17) is 5.73 Å². The van der Waals surface area contributed by atoms with E-state index >= 15 is 0 Å². The molecule has 0 radical (unpaired) electrons. The van der Waals surface area contributed by atoms with E-state index in [2.05, 4.69) is 90.6 Å². The van der Waals surface area contributed by atoms with E-state index in [1.807, 2.05) is 12.1 Å². The Bertz CT molecular complexity index is 1310. The van der Waals surface area contributed by atoms with Crippen molar-refractivity contribution in [1.29, 1.82) is 0 Å². The van der Waals surface area contributed by atoms with Crippen LogP contribution in [-0.2, 0) is 13.5 Å². The molecule has 2 heteroatoms. The Hall–Kier alpha value is -3.52. The lowest BCUT2D eigenvalue weighted by Gasteiger charge is -2.09. The number of benzene rings is 4. The van der Waals surface area contributed by atoms with Gasteiger partial charge in [0.05, 0.1) is 0 Å². The number of anilines is 1. The predicted molar refractivity (Wildman–Crippen MR) is 120 cm³/mol. The van der Waals surface area contributed by atoms with Gasteiger partial charge in [-0.2, -0.15) is 0 Å². The van der Waals surface area contributed by atoms with Gasteiger partial charge >= 0.3 is 0 Å². The molecular weight excluding hydrogens is 340 g/mol. The molecular formula is C26H22N2. The first-order chi connectivity index (χ1) is 13.7. The maximum absolute atomic E-state index is 6.05. The van der Waals surface area contributed by atoms with Gasteiger partial charge in [-0.1, -0.05) is 66.7 Å². The fraction of sp³-hybridized carbons (Fsp3) is 0.0769. The van der Waals surface area contributed by atoms with Crippen LogP contribution in [0.1, 0.15) is 11.1 Å². The lowest BCUT2D eigenvalue weighted by molar-refractivity contribution is 0.958. The molecule has 1 heterocycles. The summed E-state index contributed by atoms with van der Waals surface area (Å²) in [6.07, 6.45) is 3.16. The van der Waals surface area contributed by atoms with E-state index in [1.165, 1.54) is 38.4 Å². The Morgan fingerprint density at radius 1 is 0.786 bits per heavy atom. The van der Waals surface area contributed by atoms with E-state index in [9.17, 15) is 0 Å². The first kappa shape index (κ1) is 16.6. The van der Waals surface area contributed by atoms with Crippen molar-refractivity contribution >= 4 is 27.4 Å². The molecule has 0 aliphatic carbocycles. The molecule has 0 aliphatic heterocycles. The van der Waals surface area contributed by atoms with Crippen molar-refractivity contribution in [2.75, 3.05) is 5.73 Å². The number of nitrogen functional groups attached to an aromatic ring is 1. The molecule has 28 heavy (non-hydrogen) atoms. The summed E-state index contributed by atoms with van der Waals surface area (Å²) < 4.78 is 2.22. The highest BCUT2D eigenvalue weighted by atomic mass is 14.9. The normalized spacial score (nSPS) is 11.3. The second kappa shape index (κ2) is 6.58. The average molecular weight is 362 g/mol. The zero-order valence-corrected chi connectivity index (χ0v) is 15.9. The van der Waals surface area contributed by atoms with Gasteiger partial charge in [0.15, 0.2) is 0 Å². The van der Waals surface area contributed by atoms with E-state index in [0.29, 0.717) is 0 Å². The van der Waals surface area contributed by atoms with Crippen molar-refractivity contribution in [3.05, 3.63) is 102 Å². The number of fused-ring (bicyclic) bond motifs is 2. The zero-order valence-electron chi connectivity index (χ0n) is 15.9. The van der Waals surface area contributed by atoms with Crippen LogP contribution in [0.25, 0.3) is 32.8 Å². The standard InChI is InChI=1S/C26H22N2/c1-28-17-22(15-18-12-13-19-6-2-3-7-20(19)14-18)26-24(10-5-11-25(26)28)21-8-4-9-23(27)16-21/h2-14,16-17H,15,27H2,1H3. The van der Waals surface area contributed by atoms with Crippen LogP contribution in [0.2, 0.25) is 0 Å². The van der Waals surface area contributed by atoms with Crippen molar-refractivity contribution in [1.82, 2.24) is 4.57 Å². The van der Waals surface area contributed by atoms with Crippen LogP contribution in [0, 0.1) is 0 Å². The molecule has 136 valence electrons. The molecule has 5 rings (SSSR count). The Morgan fingerprint density at radius 2 is 1.61 bits per heavy atom. The fourth-order valence-electron chi connectivity index (χ4n) is 4.19. The summed E-state index contributed by atoms with van der Waals surface area (Å²) in [6.45, 7) is 0. The molecule has 1 aromatic heterocycles. The lowest BCUT2D eigenvalue weighted by Crippen LogP contribution is -1.90. The minimum absolute atomic E-state index is 0.793. The van der Waals surface area contributed by atoms with Crippen molar-refractivity contribution < 1.29 is 0 Å². The molecule has 0 amide bonds. The van der Waals surface area contributed by atoms with Crippen molar-refractivity contribution in [2.24, 2.45) is 7.05 Å². The molecule has 0 saturated heterocycles. The number of rotatable bonds is 3. The monoisotopic (exact) mass is 362 g/mol. The van der Waals surface area contributed by atoms with Gasteiger partial charge in [0, 0.05) is 29.8 Å². The summed E-state index contributed by atoms with van der Waals surface area (Å²) in [7, 11) is 2.12. The van der Waals surface area contributed by atoms with Crippen LogP contribution in [0.4, 0.5) is 5.69 Å². The third-order valence-corrected chi connectivity index (χ3v) is 5.50. The van der Waals surface area contributed by atoms with Crippen LogP contribution in [0.15, 0.2) is 91.1 Å². The topological polar surface area (TPSA) is 30.9 Å². The second-order valence-electron chi connectivity index (χ2n) is 7.45. The molecule has 2 N–H and O–H groups in total. The zero-order chi connectivity index (χ0) is 19.1. The number of aromatic nitrogens is 1. The summed E-state index contributed by atoms with van der Waals surface area (Å²) in [6, 6.07) is 30.0. The van der Waals surface area contributed by atoms with Crippen LogP contribution in [-0.4, -0.2) is 4.57 Å². The van der Waals surface area contributed by atoms with Gasteiger partial charge < -0.3 is 10.3 Å². The van der Waals surface area contributed by atoms with Crippen LogP contribution >= 0.6 is 0 Å². The van der Waals surface area contributed by atoms with Crippen molar-refractivity contribution in [3.63, 3.8) is 0 Å². The van der Waals surface area contributed by atoms with Crippen LogP contribution in [0.3, 0.4) is 0 Å². The molecule has 4 aromatic carbocycles. The highest BCUT2D eigenvalue weighted by Gasteiger charge is 2.13. The first-order valence-corrected chi connectivity index (χ1v) is 9.59. The van der Waals surface area contributed by atoms with Gasteiger partial charge in [-0.15, -0.1) is 0 Å². The van der Waals surface area contributed by atoms with Crippen molar-refractivity contribution in [2.45, 2.75) is 6.42 Å². The van der Waals surface area contributed by atoms with Gasteiger partial charge in [0.25, 0.3) is 0 Å². The second-order valence-corrected chi connectivity index (χ2v) is 7.45. The minimum atomic E-state index is 0.793. The summed E-state index contributed by atoms with van der Waals surface area (Å²) in [5.74, 6) is 0. The van der Waals surface area contributed by atoms with Gasteiger partial charge in [-0.3, -0.25) is 0 Å². The van der Waals surface area contributed by atoms with Crippen molar-refractivity contribution in [3.8, 4) is 11.1 Å². The van der Waals surface area contributed by atoms with Gasteiger partial charge in [-0.25, -0.2) is 0 Å². The third kappa shape index (κ3) is 2.84. The molecule has 0 unspecified atom stereocenters. The number of hydrogen-bond donors (Lipinski definition) is 1. The Labute approximate surface area is 164 Å². The maximum atomic E-state index is 6.05. The largest absolute Gasteiger partial charge is 0.399 e. The van der Waals surface area contributed by atoms with Gasteiger partial charge in [0.1, 0.15) is 0 Å². The first-order valence-electron chi connectivity index (χ1n) is 9.59. The Kier molecular flexibility index (Phi) is 3.91. The molecule has 0 aliphatic rings. The van der Waals surface area contributed by atoms with E-state index < -0.39 is 0 Å². The van der Waals surface area contributed by atoms with E-state index in [0.717, 1.165) is 17.7 Å². The third-order valence-electron chi connectivity index (χ3n) is 5.50. The molecule has 0 spiro atoms. The molecule has 0 bridgehead atoms. The Balaban J connectivity index is 1.66. The fourth-order valence-corrected chi connectivity index (χ4v) is 4.19. The molecule has 0 saturated carbocycles. The summed E-state index contributed by atoms with van der Waals surface area (Å²) in [5.41, 5.74) is 13.2. The summed E-state index contributed by atoms with van der Waals surface area (Å²) >= 11 is 0. The molecule has 2 nitrogen and oxygen atoms in total. The quantitative estimate of drug-likeness (QED) is 0.382. The van der Waals surface area contributed by atoms with Gasteiger partial charge in [-0.05, 0) is 57.6 Å². The van der Waals surface area contributed by atoms with Crippen LogP contribution < -0.4 is 5.73 Å². The van der Waals surface area contributed by atoms with E-state index in [1.54, 1.807) is 0 Å². The maximum Gasteiger partial charge on any atom is 0.0486 e. The number of nitrogens with zero attached hydrogens (tertiary/aromatic N) is 1. The average Bonchev–Trinajstić information content (AvgIpc) is 3.03. The molecule has 0 fully saturated rings. The lowest BCUT2D eigenvalue weighted by atomic mass is 9.95. The number of nitrogens with two attached hydrogens (primary N) is 1. The number of hydrogen-bond acceptors (Lipinski definition) is 1. The molecule has 5 aromatic rings. The highest BCUT2D eigenvalue weighted by Crippen LogP contribution is 2.34. The smallest absolute Gasteiger partial charge is 0.0486 e. The van der Waals surface area contributed by atoms with E-state index in [-0.39, 0.29) is 0 Å². The predicted octanol–water partition coefficient (Wildman–Crippen LogP) is 6.17. The van der Waals surface area contributed by atoms with Crippen LogP contribution in [0.5, 0.6) is 0 Å². The minimum Gasteiger partial charge on any atom is -0.399 e. The Morgan fingerprint density at radius 3 is 2.46 bits per heavy atom.